The van der Waals surface area contributed by atoms with Crippen LogP contribution in [0.25, 0.3) is 0 Å². The Hall–Kier alpha value is -3.28. The molecule has 1 aromatic carbocycles. The molecule has 0 spiro atoms. The first-order chi connectivity index (χ1) is 12.9. The molecule has 0 atom stereocenters. The van der Waals surface area contributed by atoms with Crippen molar-refractivity contribution >= 4 is 17.4 Å². The Morgan fingerprint density at radius 2 is 1.78 bits per heavy atom. The van der Waals surface area contributed by atoms with E-state index >= 15 is 0 Å². The van der Waals surface area contributed by atoms with Gasteiger partial charge >= 0.3 is 0 Å². The first-order valence-corrected chi connectivity index (χ1v) is 8.80. The molecule has 2 heterocycles. The Bertz CT molecular complexity index is 947. The lowest BCUT2D eigenvalue weighted by molar-refractivity contribution is 0.0945. The molecule has 3 rings (SSSR count). The van der Waals surface area contributed by atoms with E-state index in [2.05, 4.69) is 58.5 Å². The maximum Gasteiger partial charge on any atom is 0.270 e. The van der Waals surface area contributed by atoms with Crippen molar-refractivity contribution in [2.24, 2.45) is 0 Å². The third-order valence-electron chi connectivity index (χ3n) is 4.18. The number of benzene rings is 1. The second kappa shape index (κ2) is 7.95. The second-order valence-corrected chi connectivity index (χ2v) is 6.63. The molecule has 6 heteroatoms. The number of hydrogen-bond donors (Lipinski definition) is 2. The lowest BCUT2D eigenvalue weighted by Crippen LogP contribution is -2.24. The number of aryl methyl sites for hydroxylation is 4. The molecule has 0 bridgehead atoms. The molecule has 0 aliphatic rings. The first kappa shape index (κ1) is 18.5. The summed E-state index contributed by atoms with van der Waals surface area (Å²) in [6.07, 6.45) is 3.42. The molecule has 0 saturated heterocycles. The van der Waals surface area contributed by atoms with E-state index in [4.69, 9.17) is 0 Å². The second-order valence-electron chi connectivity index (χ2n) is 6.63. The van der Waals surface area contributed by atoms with Crippen molar-refractivity contribution in [1.82, 2.24) is 20.3 Å². The van der Waals surface area contributed by atoms with Crippen molar-refractivity contribution in [3.8, 4) is 0 Å². The predicted octanol–water partition coefficient (Wildman–Crippen LogP) is 3.78. The molecule has 0 unspecified atom stereocenters. The summed E-state index contributed by atoms with van der Waals surface area (Å²) in [5.74, 6) is 0.891. The molecule has 3 aromatic rings. The van der Waals surface area contributed by atoms with Crippen molar-refractivity contribution in [2.45, 2.75) is 34.2 Å². The number of pyridine rings is 1. The zero-order valence-corrected chi connectivity index (χ0v) is 16.0. The fraction of sp³-hybridized carbons (Fsp3) is 0.238. The molecule has 0 radical (unpaired) electrons. The number of hydrogen-bond acceptors (Lipinski definition) is 5. The largest absolute Gasteiger partial charge is 0.347 e. The molecule has 0 saturated carbocycles. The summed E-state index contributed by atoms with van der Waals surface area (Å²) < 4.78 is 0. The summed E-state index contributed by atoms with van der Waals surface area (Å²) in [4.78, 5) is 25.2. The van der Waals surface area contributed by atoms with E-state index in [0.717, 1.165) is 22.4 Å². The van der Waals surface area contributed by atoms with Gasteiger partial charge in [-0.1, -0.05) is 23.8 Å². The summed E-state index contributed by atoms with van der Waals surface area (Å²) in [5, 5.41) is 6.20. The van der Waals surface area contributed by atoms with E-state index in [-0.39, 0.29) is 5.91 Å². The first-order valence-electron chi connectivity index (χ1n) is 8.80. The zero-order valence-electron chi connectivity index (χ0n) is 16.0. The van der Waals surface area contributed by atoms with E-state index in [0.29, 0.717) is 23.9 Å². The van der Waals surface area contributed by atoms with E-state index < -0.39 is 0 Å². The third-order valence-corrected chi connectivity index (χ3v) is 4.18. The maximum absolute atomic E-state index is 12.5. The van der Waals surface area contributed by atoms with Crippen LogP contribution in [0.15, 0.2) is 42.7 Å². The van der Waals surface area contributed by atoms with Gasteiger partial charge in [-0.2, -0.15) is 0 Å². The van der Waals surface area contributed by atoms with Gasteiger partial charge < -0.3 is 10.6 Å². The van der Waals surface area contributed by atoms with Gasteiger partial charge in [0.15, 0.2) is 0 Å². The van der Waals surface area contributed by atoms with Crippen molar-refractivity contribution in [2.75, 3.05) is 5.32 Å². The highest BCUT2D eigenvalue weighted by Gasteiger charge is 2.12. The average Bonchev–Trinajstić information content (AvgIpc) is 2.63. The SMILES string of the molecule is Cc1cc(C)c(Nc2cc(C(=O)NCc3cccnc3)nc(C)n2)c(C)c1. The number of nitrogens with one attached hydrogen (secondary N) is 2. The van der Waals surface area contributed by atoms with Gasteiger partial charge in [0.1, 0.15) is 17.3 Å². The van der Waals surface area contributed by atoms with Gasteiger partial charge in [0.2, 0.25) is 0 Å². The van der Waals surface area contributed by atoms with Crippen LogP contribution < -0.4 is 10.6 Å². The van der Waals surface area contributed by atoms with Crippen LogP contribution in [0.3, 0.4) is 0 Å². The molecular weight excluding hydrogens is 338 g/mol. The van der Waals surface area contributed by atoms with Crippen molar-refractivity contribution < 1.29 is 4.79 Å². The highest BCUT2D eigenvalue weighted by molar-refractivity contribution is 5.93. The fourth-order valence-electron chi connectivity index (χ4n) is 3.03. The minimum atomic E-state index is -0.246. The summed E-state index contributed by atoms with van der Waals surface area (Å²) in [7, 11) is 0. The van der Waals surface area contributed by atoms with Gasteiger partial charge in [-0.25, -0.2) is 9.97 Å². The quantitative estimate of drug-likeness (QED) is 0.723. The fourth-order valence-corrected chi connectivity index (χ4v) is 3.03. The summed E-state index contributed by atoms with van der Waals surface area (Å²) in [6.45, 7) is 8.35. The van der Waals surface area contributed by atoms with Crippen LogP contribution in [0.4, 0.5) is 11.5 Å². The summed E-state index contributed by atoms with van der Waals surface area (Å²) >= 11 is 0. The zero-order chi connectivity index (χ0) is 19.4. The van der Waals surface area contributed by atoms with Gasteiger partial charge in [-0.3, -0.25) is 9.78 Å². The smallest absolute Gasteiger partial charge is 0.270 e. The molecule has 2 N–H and O–H groups in total. The Balaban J connectivity index is 1.79. The minimum absolute atomic E-state index is 0.246. The van der Waals surface area contributed by atoms with Crippen LogP contribution in [-0.2, 0) is 6.54 Å². The van der Waals surface area contributed by atoms with Crippen molar-refractivity contribution in [3.63, 3.8) is 0 Å². The van der Waals surface area contributed by atoms with Crippen LogP contribution in [0, 0.1) is 27.7 Å². The molecule has 138 valence electrons. The standard InChI is InChI=1S/C21H23N5O/c1-13-8-14(2)20(15(3)9-13)26-19-10-18(24-16(4)25-19)21(27)23-12-17-6-5-7-22-11-17/h5-11H,12H2,1-4H3,(H,23,27)(H,24,25,26). The number of nitrogens with zero attached hydrogens (tertiary/aromatic N) is 3. The van der Waals surface area contributed by atoms with Crippen molar-refractivity contribution in [1.29, 1.82) is 0 Å². The summed E-state index contributed by atoms with van der Waals surface area (Å²) in [6, 6.07) is 9.65. The summed E-state index contributed by atoms with van der Waals surface area (Å²) in [5.41, 5.74) is 5.74. The Labute approximate surface area is 159 Å². The van der Waals surface area contributed by atoms with Gasteiger partial charge in [0.25, 0.3) is 5.91 Å². The molecule has 1 amide bonds. The number of carbonyl (C=O) groups excluding carboxylic acids is 1. The predicted molar refractivity (Wildman–Crippen MR) is 106 cm³/mol. The molecule has 2 aromatic heterocycles. The normalized spacial score (nSPS) is 10.5. The van der Waals surface area contributed by atoms with E-state index in [1.54, 1.807) is 25.4 Å². The van der Waals surface area contributed by atoms with E-state index in [9.17, 15) is 4.79 Å². The maximum atomic E-state index is 12.5. The van der Waals surface area contributed by atoms with Gasteiger partial charge in [-0.15, -0.1) is 0 Å². The third kappa shape index (κ3) is 4.67. The highest BCUT2D eigenvalue weighted by Crippen LogP contribution is 2.25. The Morgan fingerprint density at radius 3 is 2.44 bits per heavy atom. The molecule has 0 fully saturated rings. The van der Waals surface area contributed by atoms with Gasteiger partial charge in [0.05, 0.1) is 0 Å². The molecule has 6 nitrogen and oxygen atoms in total. The number of aromatic nitrogens is 3. The number of amides is 1. The number of rotatable bonds is 5. The van der Waals surface area contributed by atoms with Crippen LogP contribution in [0.2, 0.25) is 0 Å². The Morgan fingerprint density at radius 1 is 1.04 bits per heavy atom. The van der Waals surface area contributed by atoms with Gasteiger partial charge in [-0.05, 0) is 50.5 Å². The monoisotopic (exact) mass is 361 g/mol. The molecule has 0 aliphatic heterocycles. The van der Waals surface area contributed by atoms with E-state index in [1.165, 1.54) is 5.56 Å². The molecular formula is C21H23N5O. The highest BCUT2D eigenvalue weighted by atomic mass is 16.1. The number of anilines is 2. The molecule has 27 heavy (non-hydrogen) atoms. The number of carbonyl (C=O) groups is 1. The van der Waals surface area contributed by atoms with Crippen LogP contribution in [0.1, 0.15) is 38.6 Å². The van der Waals surface area contributed by atoms with Crippen LogP contribution in [0.5, 0.6) is 0 Å². The van der Waals surface area contributed by atoms with Gasteiger partial charge in [0, 0.05) is 30.7 Å². The lowest BCUT2D eigenvalue weighted by Gasteiger charge is -2.14. The minimum Gasteiger partial charge on any atom is -0.347 e. The van der Waals surface area contributed by atoms with Crippen LogP contribution in [-0.4, -0.2) is 20.9 Å². The van der Waals surface area contributed by atoms with Crippen molar-refractivity contribution in [3.05, 3.63) is 76.5 Å². The lowest BCUT2D eigenvalue weighted by atomic mass is 10.1. The molecule has 0 aliphatic carbocycles. The van der Waals surface area contributed by atoms with Crippen LogP contribution >= 0.6 is 0 Å². The topological polar surface area (TPSA) is 79.8 Å². The Kier molecular flexibility index (Phi) is 5.45. The van der Waals surface area contributed by atoms with E-state index in [1.807, 2.05) is 12.1 Å². The average molecular weight is 361 g/mol.